The lowest BCUT2D eigenvalue weighted by Gasteiger charge is -2.74. The van der Waals surface area contributed by atoms with E-state index in [-0.39, 0.29) is 30.6 Å². The Balaban J connectivity index is 1.14. The predicted molar refractivity (Wildman–Crippen MR) is 207 cm³/mol. The molecule has 12 rings (SSSR count). The van der Waals surface area contributed by atoms with E-state index in [0.29, 0.717) is 24.0 Å². The minimum absolute atomic E-state index is 0.102. The third-order valence-electron chi connectivity index (χ3n) is 16.2. The Morgan fingerprint density at radius 1 is 0.881 bits per heavy atom. The summed E-state index contributed by atoms with van der Waals surface area (Å²) in [4.78, 5) is 27.2. The molecule has 0 amide bonds. The van der Waals surface area contributed by atoms with E-state index in [4.69, 9.17) is 28.4 Å². The Kier molecular flexibility index (Phi) is 8.90. The average Bonchev–Trinajstić information content (AvgIpc) is 3.79. The summed E-state index contributed by atoms with van der Waals surface area (Å²) >= 11 is 0. The third-order valence-corrected chi connectivity index (χ3v) is 16.2. The van der Waals surface area contributed by atoms with Gasteiger partial charge in [-0.05, 0) is 68.6 Å². The number of hydrogen-bond acceptors (Lipinski definition) is 13. The van der Waals surface area contributed by atoms with Gasteiger partial charge in [-0.1, -0.05) is 81.5 Å². The van der Waals surface area contributed by atoms with Gasteiger partial charge in [-0.3, -0.25) is 0 Å². The van der Waals surface area contributed by atoms with Crippen LogP contribution in [0.15, 0.2) is 85.0 Å². The largest absolute Gasteiger partial charge is 0.456 e. The first-order valence-corrected chi connectivity index (χ1v) is 21.2. The van der Waals surface area contributed by atoms with Crippen molar-refractivity contribution in [2.24, 2.45) is 41.4 Å². The van der Waals surface area contributed by atoms with E-state index in [9.17, 15) is 35.1 Å². The highest BCUT2D eigenvalue weighted by Crippen LogP contribution is 2.75. The minimum Gasteiger partial charge on any atom is -0.456 e. The first-order chi connectivity index (χ1) is 28.1. The van der Waals surface area contributed by atoms with Gasteiger partial charge in [0.1, 0.15) is 53.4 Å². The zero-order valence-corrected chi connectivity index (χ0v) is 33.6. The van der Waals surface area contributed by atoms with Gasteiger partial charge in [0.05, 0.1) is 23.4 Å². The molecule has 4 aliphatic carbocycles. The van der Waals surface area contributed by atoms with Crippen molar-refractivity contribution in [3.8, 4) is 0 Å². The normalized spacial score (nSPS) is 52.8. The standard InChI is InChI=1S/C46H54O13/c1-24-21-32-43(52)35(24)55-33(48)18-12-11-17-31(54-39(49)27-13-7-5-8-14-27)30-20-19-28(25(30)2)22-41(4,51)45(53)36-26(3)44(32)34(37-42(23-47,56-37)40(43)50)38(45)58-46(57-36,59-44)29-15-9-6-10-16-29/h5-18,24-26,28,30-32,34-38,40,47,50-53H,19-23H2,1-4H3/b17-11+,18-12+/t24-,25+,26-,28-,30+,31+,32-,34+,35?,36?,37-,38+,40+,41+,42-,43-,44?,45+,46?/m1/s1. The van der Waals surface area contributed by atoms with Crippen LogP contribution in [0.25, 0.3) is 0 Å². The van der Waals surface area contributed by atoms with Crippen LogP contribution >= 0.6 is 0 Å². The molecule has 13 heteroatoms. The Bertz CT molecular complexity index is 2060. The lowest BCUT2D eigenvalue weighted by atomic mass is 9.49. The van der Waals surface area contributed by atoms with Crippen LogP contribution in [-0.4, -0.2) is 109 Å². The van der Waals surface area contributed by atoms with Crippen LogP contribution in [-0.2, 0) is 39.2 Å². The number of ether oxygens (including phenoxy) is 6. The second-order valence-electron chi connectivity index (χ2n) is 19.0. The fourth-order valence-corrected chi connectivity index (χ4v) is 13.3. The number of allylic oxidation sites excluding steroid dienone is 2. The van der Waals surface area contributed by atoms with Gasteiger partial charge in [0.15, 0.2) is 0 Å². The molecule has 4 saturated carbocycles. The zero-order valence-electron chi connectivity index (χ0n) is 33.6. The van der Waals surface area contributed by atoms with Crippen molar-refractivity contribution in [3.63, 3.8) is 0 Å². The molecule has 2 aromatic carbocycles. The van der Waals surface area contributed by atoms with Crippen LogP contribution in [0.2, 0.25) is 0 Å². The van der Waals surface area contributed by atoms with Crippen LogP contribution < -0.4 is 0 Å². The molecule has 59 heavy (non-hydrogen) atoms. The average molecular weight is 815 g/mol. The van der Waals surface area contributed by atoms with Crippen LogP contribution in [0.5, 0.6) is 0 Å². The Morgan fingerprint density at radius 3 is 2.29 bits per heavy atom. The maximum absolute atomic E-state index is 13.7. The molecular weight excluding hydrogens is 760 g/mol. The molecule has 10 aliphatic rings. The van der Waals surface area contributed by atoms with Crippen molar-refractivity contribution in [2.45, 2.75) is 124 Å². The summed E-state index contributed by atoms with van der Waals surface area (Å²) in [5.74, 6) is -6.79. The van der Waals surface area contributed by atoms with Crippen LogP contribution in [0.1, 0.15) is 69.3 Å². The molecule has 8 fully saturated rings. The maximum atomic E-state index is 13.7. The van der Waals surface area contributed by atoms with E-state index in [0.717, 1.165) is 0 Å². The van der Waals surface area contributed by atoms with Gasteiger partial charge in [-0.2, -0.15) is 0 Å². The highest BCUT2D eigenvalue weighted by atomic mass is 16.9. The number of carbonyl (C=O) groups is 2. The van der Waals surface area contributed by atoms with Gasteiger partial charge >= 0.3 is 17.9 Å². The van der Waals surface area contributed by atoms with Crippen molar-refractivity contribution in [3.05, 3.63) is 96.1 Å². The summed E-state index contributed by atoms with van der Waals surface area (Å²) in [6.07, 6.45) is 0.608. The number of rotatable bonds is 4. The molecular formula is C46H54O13. The van der Waals surface area contributed by atoms with Crippen LogP contribution in [0.3, 0.4) is 0 Å². The number of fused-ring (bicyclic) bond motifs is 6. The number of benzene rings is 2. The van der Waals surface area contributed by atoms with Crippen molar-refractivity contribution >= 4 is 11.9 Å². The second-order valence-corrected chi connectivity index (χ2v) is 19.0. The van der Waals surface area contributed by atoms with Crippen molar-refractivity contribution in [2.75, 3.05) is 6.61 Å². The molecule has 0 radical (unpaired) electrons. The molecule has 4 unspecified atom stereocenters. The molecule has 6 heterocycles. The monoisotopic (exact) mass is 814 g/mol. The van der Waals surface area contributed by atoms with Crippen molar-refractivity contribution < 1.29 is 63.5 Å². The lowest BCUT2D eigenvalue weighted by molar-refractivity contribution is -0.595. The number of epoxide rings is 1. The Labute approximate surface area is 342 Å². The van der Waals surface area contributed by atoms with E-state index >= 15 is 0 Å². The summed E-state index contributed by atoms with van der Waals surface area (Å²) in [5, 5.41) is 63.4. The molecule has 11 bridgehead atoms. The number of aliphatic hydroxyl groups is 5. The topological polar surface area (TPSA) is 194 Å². The highest BCUT2D eigenvalue weighted by molar-refractivity contribution is 5.89. The molecule has 2 aromatic rings. The summed E-state index contributed by atoms with van der Waals surface area (Å²) < 4.78 is 39.7. The van der Waals surface area contributed by atoms with Gasteiger partial charge in [-0.25, -0.2) is 9.59 Å². The molecule has 19 atom stereocenters. The number of aliphatic hydroxyl groups excluding tert-OH is 2. The van der Waals surface area contributed by atoms with Crippen molar-refractivity contribution in [1.82, 2.24) is 0 Å². The van der Waals surface area contributed by atoms with E-state index < -0.39 is 113 Å². The third kappa shape index (κ3) is 5.17. The van der Waals surface area contributed by atoms with E-state index in [1.165, 1.54) is 12.2 Å². The molecule has 1 spiro atoms. The van der Waals surface area contributed by atoms with Crippen LogP contribution in [0, 0.1) is 41.4 Å². The minimum atomic E-state index is -2.22. The fourth-order valence-electron chi connectivity index (χ4n) is 13.3. The van der Waals surface area contributed by atoms with E-state index in [1.807, 2.05) is 38.1 Å². The van der Waals surface area contributed by atoms with E-state index in [2.05, 4.69) is 6.92 Å². The lowest BCUT2D eigenvalue weighted by Crippen LogP contribution is -2.89. The first kappa shape index (κ1) is 39.6. The summed E-state index contributed by atoms with van der Waals surface area (Å²) in [6.45, 7) is 6.66. The first-order valence-electron chi connectivity index (χ1n) is 21.2. The van der Waals surface area contributed by atoms with Gasteiger partial charge in [-0.15, -0.1) is 0 Å². The van der Waals surface area contributed by atoms with Gasteiger partial charge in [0, 0.05) is 35.3 Å². The molecule has 4 saturated heterocycles. The smallest absolute Gasteiger partial charge is 0.338 e. The quantitative estimate of drug-likeness (QED) is 0.223. The SMILES string of the molecule is C[C@H]1[C@@H]2CC[C@@H]1[C@@H](OC(=O)c1ccccc1)/C=C/C=C/C(=O)OC1[C@H](C)C[C@H]3C45OC6(c7ccccc7)OC([C@H]4C)[C@](O)([C@@H](O6)[C@@H]5[C@H]4O[C@@]4(CO)[C@H](O)[C@]13O)[C@@](C)(O)C2. The molecule has 316 valence electrons. The van der Waals surface area contributed by atoms with Gasteiger partial charge in [0.25, 0.3) is 0 Å². The number of hydrogen-bond donors (Lipinski definition) is 5. The molecule has 13 nitrogen and oxygen atoms in total. The maximum Gasteiger partial charge on any atom is 0.338 e. The molecule has 0 aromatic heterocycles. The zero-order chi connectivity index (χ0) is 41.5. The number of esters is 2. The predicted octanol–water partition coefficient (Wildman–Crippen LogP) is 3.31. The Morgan fingerprint density at radius 2 is 1.58 bits per heavy atom. The van der Waals surface area contributed by atoms with Gasteiger partial charge in [0.2, 0.25) is 0 Å². The van der Waals surface area contributed by atoms with E-state index in [1.54, 1.807) is 55.5 Å². The second kappa shape index (κ2) is 13.3. The number of carbonyl (C=O) groups excluding carboxylic acids is 2. The molecule has 5 N–H and O–H groups in total. The fraction of sp³-hybridized carbons (Fsp3) is 0.609. The van der Waals surface area contributed by atoms with Crippen molar-refractivity contribution in [1.29, 1.82) is 0 Å². The Hall–Kier alpha value is -3.50. The summed E-state index contributed by atoms with van der Waals surface area (Å²) in [7, 11) is 0. The summed E-state index contributed by atoms with van der Waals surface area (Å²) in [5.41, 5.74) is -8.50. The van der Waals surface area contributed by atoms with Gasteiger partial charge < -0.3 is 54.0 Å². The highest BCUT2D eigenvalue weighted by Gasteiger charge is 2.91. The summed E-state index contributed by atoms with van der Waals surface area (Å²) in [6, 6.07) is 17.7. The molecule has 6 aliphatic heterocycles. The van der Waals surface area contributed by atoms with Crippen LogP contribution in [0.4, 0.5) is 0 Å².